The standard InChI is InChI=1S/C18H34O6Si/c1-16(2,3)25(8,9)24-14-11-12(19)10-13-15(14)23-18(5,21-7)17(4,20-6)22-13/h13-15H,10-11H2,1-9H3/t13-,14-,15+,17+,18+/m1/s1. The number of ether oxygens (including phenoxy) is 4. The van der Waals surface area contributed by atoms with Crippen LogP contribution in [0.5, 0.6) is 0 Å². The molecule has 7 heteroatoms. The summed E-state index contributed by atoms with van der Waals surface area (Å²) in [5.74, 6) is -2.05. The van der Waals surface area contributed by atoms with E-state index in [2.05, 4.69) is 33.9 Å². The fraction of sp³-hybridized carbons (Fsp3) is 0.944. The first-order valence-electron chi connectivity index (χ1n) is 8.94. The second kappa shape index (κ2) is 6.69. The quantitative estimate of drug-likeness (QED) is 0.704. The molecule has 1 aliphatic carbocycles. The number of fused-ring (bicyclic) bond motifs is 1. The van der Waals surface area contributed by atoms with Crippen LogP contribution >= 0.6 is 0 Å². The van der Waals surface area contributed by atoms with Crippen LogP contribution < -0.4 is 0 Å². The highest BCUT2D eigenvalue weighted by molar-refractivity contribution is 6.74. The molecule has 0 aromatic heterocycles. The summed E-state index contributed by atoms with van der Waals surface area (Å²) < 4.78 is 30.2. The van der Waals surface area contributed by atoms with Gasteiger partial charge in [-0.3, -0.25) is 4.79 Å². The van der Waals surface area contributed by atoms with Crippen LogP contribution in [0.4, 0.5) is 0 Å². The molecule has 5 atom stereocenters. The minimum absolute atomic E-state index is 0.0458. The van der Waals surface area contributed by atoms with Crippen molar-refractivity contribution >= 4 is 14.1 Å². The van der Waals surface area contributed by atoms with Crippen molar-refractivity contribution in [3.05, 3.63) is 0 Å². The molecule has 0 N–H and O–H groups in total. The minimum atomic E-state index is -2.06. The van der Waals surface area contributed by atoms with E-state index in [9.17, 15) is 4.79 Å². The lowest BCUT2D eigenvalue weighted by Gasteiger charge is -2.55. The summed E-state index contributed by atoms with van der Waals surface area (Å²) in [6.45, 7) is 14.5. The van der Waals surface area contributed by atoms with Gasteiger partial charge in [0.15, 0.2) is 8.32 Å². The summed E-state index contributed by atoms with van der Waals surface area (Å²) in [4.78, 5) is 12.3. The van der Waals surface area contributed by atoms with Crippen LogP contribution in [0.1, 0.15) is 47.5 Å². The van der Waals surface area contributed by atoms with Crippen LogP contribution in [0, 0.1) is 0 Å². The predicted molar refractivity (Wildman–Crippen MR) is 96.9 cm³/mol. The van der Waals surface area contributed by atoms with Crippen LogP contribution in [0.15, 0.2) is 0 Å². The number of carbonyl (C=O) groups is 1. The zero-order valence-corrected chi connectivity index (χ0v) is 18.1. The highest BCUT2D eigenvalue weighted by Gasteiger charge is 2.60. The minimum Gasteiger partial charge on any atom is -0.411 e. The Morgan fingerprint density at radius 2 is 1.56 bits per heavy atom. The maximum Gasteiger partial charge on any atom is 0.220 e. The number of carbonyl (C=O) groups excluding carboxylic acids is 1. The summed E-state index contributed by atoms with van der Waals surface area (Å²) >= 11 is 0. The summed E-state index contributed by atoms with van der Waals surface area (Å²) in [5.41, 5.74) is 0. The zero-order chi connectivity index (χ0) is 19.3. The van der Waals surface area contributed by atoms with E-state index in [0.717, 1.165) is 0 Å². The summed E-state index contributed by atoms with van der Waals surface area (Å²) in [6.07, 6.45) is -0.436. The zero-order valence-electron chi connectivity index (χ0n) is 17.1. The van der Waals surface area contributed by atoms with E-state index in [-0.39, 0.29) is 23.0 Å². The molecule has 25 heavy (non-hydrogen) atoms. The predicted octanol–water partition coefficient (Wildman–Crippen LogP) is 3.25. The second-order valence-corrected chi connectivity index (χ2v) is 13.7. The highest BCUT2D eigenvalue weighted by atomic mass is 28.4. The van der Waals surface area contributed by atoms with Gasteiger partial charge in [-0.15, -0.1) is 0 Å². The van der Waals surface area contributed by atoms with E-state index in [1.165, 1.54) is 0 Å². The van der Waals surface area contributed by atoms with E-state index in [4.69, 9.17) is 23.4 Å². The Kier molecular flexibility index (Phi) is 5.62. The molecular formula is C18H34O6Si. The lowest BCUT2D eigenvalue weighted by molar-refractivity contribution is -0.454. The molecule has 0 spiro atoms. The van der Waals surface area contributed by atoms with E-state index in [0.29, 0.717) is 12.8 Å². The molecule has 2 rings (SSSR count). The molecule has 0 unspecified atom stereocenters. The van der Waals surface area contributed by atoms with Gasteiger partial charge in [-0.05, 0) is 32.0 Å². The third kappa shape index (κ3) is 3.73. The van der Waals surface area contributed by atoms with E-state index in [1.54, 1.807) is 28.1 Å². The molecule has 1 saturated carbocycles. The van der Waals surface area contributed by atoms with Crippen molar-refractivity contribution in [1.29, 1.82) is 0 Å². The third-order valence-electron chi connectivity index (χ3n) is 6.18. The Bertz CT molecular complexity index is 516. The molecule has 0 amide bonds. The van der Waals surface area contributed by atoms with Crippen LogP contribution in [-0.4, -0.2) is 58.2 Å². The molecule has 0 aromatic rings. The Labute approximate surface area is 152 Å². The van der Waals surface area contributed by atoms with E-state index in [1.807, 2.05) is 0 Å². The topological polar surface area (TPSA) is 63.2 Å². The molecule has 0 radical (unpaired) electrons. The fourth-order valence-corrected chi connectivity index (χ4v) is 4.49. The van der Waals surface area contributed by atoms with Gasteiger partial charge in [0.25, 0.3) is 0 Å². The van der Waals surface area contributed by atoms with Crippen molar-refractivity contribution in [3.63, 3.8) is 0 Å². The number of hydrogen-bond donors (Lipinski definition) is 0. The highest BCUT2D eigenvalue weighted by Crippen LogP contribution is 2.45. The number of methoxy groups -OCH3 is 2. The van der Waals surface area contributed by atoms with Gasteiger partial charge in [-0.1, -0.05) is 20.8 Å². The first-order valence-corrected chi connectivity index (χ1v) is 11.8. The van der Waals surface area contributed by atoms with Crippen LogP contribution in [-0.2, 0) is 28.2 Å². The van der Waals surface area contributed by atoms with Gasteiger partial charge in [-0.25, -0.2) is 0 Å². The maximum atomic E-state index is 12.3. The maximum absolute atomic E-state index is 12.3. The summed E-state index contributed by atoms with van der Waals surface area (Å²) in [5, 5.41) is 0.0458. The molecule has 1 heterocycles. The summed E-state index contributed by atoms with van der Waals surface area (Å²) in [6, 6.07) is 0. The van der Waals surface area contributed by atoms with Gasteiger partial charge < -0.3 is 23.4 Å². The molecule has 146 valence electrons. The Balaban J connectivity index is 2.31. The summed E-state index contributed by atoms with van der Waals surface area (Å²) in [7, 11) is 1.06. The molecule has 0 aromatic carbocycles. The van der Waals surface area contributed by atoms with Gasteiger partial charge >= 0.3 is 0 Å². The molecule has 6 nitrogen and oxygen atoms in total. The fourth-order valence-electron chi connectivity index (χ4n) is 3.16. The van der Waals surface area contributed by atoms with Crippen LogP contribution in [0.3, 0.4) is 0 Å². The lowest BCUT2D eigenvalue weighted by Crippen LogP contribution is -2.69. The van der Waals surface area contributed by atoms with Crippen LogP contribution in [0.2, 0.25) is 18.1 Å². The SMILES string of the molecule is CO[C@@]1(C)O[C@H]2[C@@H](CC(=O)C[C@H]2O[Si](C)(C)C(C)(C)C)O[C@]1(C)OC. The molecule has 2 aliphatic rings. The molecule has 0 bridgehead atoms. The number of hydrogen-bond acceptors (Lipinski definition) is 6. The van der Waals surface area contributed by atoms with Gasteiger partial charge in [-0.2, -0.15) is 0 Å². The Morgan fingerprint density at radius 3 is 2.04 bits per heavy atom. The van der Waals surface area contributed by atoms with Crippen LogP contribution in [0.25, 0.3) is 0 Å². The van der Waals surface area contributed by atoms with Crippen molar-refractivity contribution in [1.82, 2.24) is 0 Å². The number of Topliss-reactive ketones (excluding diaryl/α,β-unsaturated/α-hetero) is 1. The normalized spacial score (nSPS) is 40.0. The smallest absolute Gasteiger partial charge is 0.220 e. The molecular weight excluding hydrogens is 340 g/mol. The van der Waals surface area contributed by atoms with Crippen molar-refractivity contribution in [2.75, 3.05) is 14.2 Å². The first kappa shape index (κ1) is 21.0. The first-order chi connectivity index (χ1) is 11.3. The van der Waals surface area contributed by atoms with E-state index >= 15 is 0 Å². The second-order valence-electron chi connectivity index (χ2n) is 8.90. The van der Waals surface area contributed by atoms with Gasteiger partial charge in [0, 0.05) is 27.1 Å². The van der Waals surface area contributed by atoms with E-state index < -0.39 is 26.0 Å². The van der Waals surface area contributed by atoms with Gasteiger partial charge in [0.1, 0.15) is 11.9 Å². The van der Waals surface area contributed by atoms with Gasteiger partial charge in [0.05, 0.1) is 12.2 Å². The van der Waals surface area contributed by atoms with Crippen molar-refractivity contribution in [2.24, 2.45) is 0 Å². The molecule has 1 aliphatic heterocycles. The Hall–Kier alpha value is -0.313. The monoisotopic (exact) mass is 374 g/mol. The lowest BCUT2D eigenvalue weighted by atomic mass is 9.88. The average Bonchev–Trinajstić information content (AvgIpc) is 2.47. The number of ketones is 1. The Morgan fingerprint density at radius 1 is 1.04 bits per heavy atom. The number of rotatable bonds is 4. The van der Waals surface area contributed by atoms with Crippen molar-refractivity contribution < 1.29 is 28.2 Å². The van der Waals surface area contributed by atoms with Gasteiger partial charge in [0.2, 0.25) is 11.6 Å². The average molecular weight is 375 g/mol. The largest absolute Gasteiger partial charge is 0.411 e. The van der Waals surface area contributed by atoms with Crippen molar-refractivity contribution in [2.45, 2.75) is 95.5 Å². The molecule has 2 fully saturated rings. The molecule has 1 saturated heterocycles. The third-order valence-corrected chi connectivity index (χ3v) is 10.7. The van der Waals surface area contributed by atoms with Crippen molar-refractivity contribution in [3.8, 4) is 0 Å².